The first-order valence-corrected chi connectivity index (χ1v) is 8.47. The molecule has 0 fully saturated rings. The number of halogens is 1. The Morgan fingerprint density at radius 3 is 2.47 bits per heavy atom. The molecule has 2 N–H and O–H groups in total. The Hall–Kier alpha value is -1.05. The van der Waals surface area contributed by atoms with Crippen molar-refractivity contribution >= 4 is 43.0 Å². The van der Waals surface area contributed by atoms with E-state index < -0.39 is 10.0 Å². The molecular formula is C12H12BrNO3S2. The van der Waals surface area contributed by atoms with E-state index in [4.69, 9.17) is 0 Å². The first-order chi connectivity index (χ1) is 8.79. The molecule has 0 radical (unpaired) electrons. The van der Waals surface area contributed by atoms with Crippen molar-refractivity contribution in [2.45, 2.75) is 18.7 Å². The van der Waals surface area contributed by atoms with E-state index in [0.717, 1.165) is 8.66 Å². The van der Waals surface area contributed by atoms with Gasteiger partial charge in [-0.3, -0.25) is 4.72 Å². The van der Waals surface area contributed by atoms with Gasteiger partial charge in [-0.05, 0) is 59.6 Å². The highest BCUT2D eigenvalue weighted by Gasteiger charge is 2.19. The molecule has 0 saturated heterocycles. The Morgan fingerprint density at radius 1 is 1.26 bits per heavy atom. The summed E-state index contributed by atoms with van der Waals surface area (Å²) < 4.78 is 27.8. The molecule has 1 aromatic carbocycles. The fraction of sp³-hybridized carbons (Fsp3) is 0.167. The highest BCUT2D eigenvalue weighted by molar-refractivity contribution is 9.11. The lowest BCUT2D eigenvalue weighted by atomic mass is 10.2. The van der Waals surface area contributed by atoms with Gasteiger partial charge in [0.25, 0.3) is 10.0 Å². The number of thiophene rings is 1. The van der Waals surface area contributed by atoms with Gasteiger partial charge in [0, 0.05) is 10.6 Å². The maximum atomic E-state index is 12.2. The summed E-state index contributed by atoms with van der Waals surface area (Å²) in [4.78, 5) is 0.977. The van der Waals surface area contributed by atoms with Gasteiger partial charge >= 0.3 is 0 Å². The van der Waals surface area contributed by atoms with Crippen LogP contribution >= 0.6 is 27.3 Å². The van der Waals surface area contributed by atoms with E-state index in [2.05, 4.69) is 20.7 Å². The third kappa shape index (κ3) is 3.10. The number of hydrogen-bond donors (Lipinski definition) is 2. The Kier molecular flexibility index (Phi) is 3.89. The van der Waals surface area contributed by atoms with Crippen LogP contribution in [0, 0.1) is 13.8 Å². The van der Waals surface area contributed by atoms with Gasteiger partial charge in [0.1, 0.15) is 10.6 Å². The SMILES string of the molecule is Cc1cc(NS(=O)(=O)c2cc(Br)sc2C)ccc1O. The van der Waals surface area contributed by atoms with E-state index in [1.807, 2.05) is 0 Å². The van der Waals surface area contributed by atoms with Crippen LogP contribution in [0.3, 0.4) is 0 Å². The molecule has 0 bridgehead atoms. The fourth-order valence-corrected chi connectivity index (χ4v) is 5.09. The van der Waals surface area contributed by atoms with Gasteiger partial charge in [0.2, 0.25) is 0 Å². The highest BCUT2D eigenvalue weighted by atomic mass is 79.9. The summed E-state index contributed by atoms with van der Waals surface area (Å²) in [6, 6.07) is 6.15. The van der Waals surface area contributed by atoms with Gasteiger partial charge < -0.3 is 5.11 Å². The van der Waals surface area contributed by atoms with Crippen LogP contribution in [-0.2, 0) is 10.0 Å². The van der Waals surface area contributed by atoms with Crippen LogP contribution in [0.4, 0.5) is 5.69 Å². The van der Waals surface area contributed by atoms with Gasteiger partial charge in [0.05, 0.1) is 3.79 Å². The molecule has 0 aliphatic heterocycles. The molecule has 2 aromatic rings. The average molecular weight is 362 g/mol. The standard InChI is InChI=1S/C12H12BrNO3S2/c1-7-5-9(3-4-10(7)15)14-19(16,17)11-6-12(13)18-8(11)2/h3-6,14-15H,1-2H3. The molecule has 7 heteroatoms. The Morgan fingerprint density at radius 2 is 1.95 bits per heavy atom. The number of phenols is 1. The average Bonchev–Trinajstić information content (AvgIpc) is 2.63. The smallest absolute Gasteiger partial charge is 0.263 e. The molecule has 2 rings (SSSR count). The van der Waals surface area contributed by atoms with Crippen LogP contribution < -0.4 is 4.72 Å². The number of aryl methyl sites for hydroxylation is 2. The number of anilines is 1. The molecule has 0 aliphatic rings. The molecule has 0 amide bonds. The summed E-state index contributed by atoms with van der Waals surface area (Å²) in [5.41, 5.74) is 1.04. The molecule has 0 atom stereocenters. The van der Waals surface area contributed by atoms with E-state index >= 15 is 0 Å². The summed E-state index contributed by atoms with van der Waals surface area (Å²) in [6.45, 7) is 3.46. The van der Waals surface area contributed by atoms with E-state index in [1.54, 1.807) is 26.0 Å². The van der Waals surface area contributed by atoms with Gasteiger partial charge in [-0.25, -0.2) is 8.42 Å². The number of phenolic OH excluding ortho intramolecular Hbond substituents is 1. The van der Waals surface area contributed by atoms with E-state index in [9.17, 15) is 13.5 Å². The number of hydrogen-bond acceptors (Lipinski definition) is 4. The van der Waals surface area contributed by atoms with Crippen molar-refractivity contribution in [3.8, 4) is 5.75 Å². The molecule has 0 spiro atoms. The second-order valence-electron chi connectivity index (χ2n) is 4.08. The van der Waals surface area contributed by atoms with Gasteiger partial charge in [-0.1, -0.05) is 0 Å². The minimum atomic E-state index is -3.60. The van der Waals surface area contributed by atoms with Gasteiger partial charge in [0.15, 0.2) is 0 Å². The maximum absolute atomic E-state index is 12.2. The lowest BCUT2D eigenvalue weighted by Gasteiger charge is -2.09. The molecule has 19 heavy (non-hydrogen) atoms. The van der Waals surface area contributed by atoms with Crippen LogP contribution in [0.15, 0.2) is 32.9 Å². The second kappa shape index (κ2) is 5.15. The zero-order valence-electron chi connectivity index (χ0n) is 10.3. The lowest BCUT2D eigenvalue weighted by Crippen LogP contribution is -2.13. The third-order valence-electron chi connectivity index (χ3n) is 2.58. The quantitative estimate of drug-likeness (QED) is 0.820. The number of benzene rings is 1. The normalized spacial score (nSPS) is 11.5. The van der Waals surface area contributed by atoms with Gasteiger partial charge in [-0.15, -0.1) is 11.3 Å². The van der Waals surface area contributed by atoms with Crippen LogP contribution in [-0.4, -0.2) is 13.5 Å². The molecule has 0 aliphatic carbocycles. The predicted molar refractivity (Wildman–Crippen MR) is 80.4 cm³/mol. The van der Waals surface area contributed by atoms with Crippen molar-refractivity contribution < 1.29 is 13.5 Å². The molecule has 4 nitrogen and oxygen atoms in total. The van der Waals surface area contributed by atoms with Crippen molar-refractivity contribution in [2.75, 3.05) is 4.72 Å². The van der Waals surface area contributed by atoms with Crippen LogP contribution in [0.25, 0.3) is 0 Å². The summed E-state index contributed by atoms with van der Waals surface area (Å²) in [5, 5.41) is 9.42. The largest absolute Gasteiger partial charge is 0.508 e. The zero-order chi connectivity index (χ0) is 14.2. The number of aromatic hydroxyl groups is 1. The summed E-state index contributed by atoms with van der Waals surface area (Å²) >= 11 is 4.65. The molecule has 102 valence electrons. The van der Waals surface area contributed by atoms with Crippen molar-refractivity contribution in [3.63, 3.8) is 0 Å². The molecule has 1 heterocycles. The first-order valence-electron chi connectivity index (χ1n) is 5.38. The number of rotatable bonds is 3. The van der Waals surface area contributed by atoms with Crippen LogP contribution in [0.1, 0.15) is 10.4 Å². The van der Waals surface area contributed by atoms with Crippen LogP contribution in [0.5, 0.6) is 5.75 Å². The Balaban J connectivity index is 2.36. The van der Waals surface area contributed by atoms with E-state index in [0.29, 0.717) is 11.3 Å². The molecule has 0 unspecified atom stereocenters. The summed E-state index contributed by atoms with van der Waals surface area (Å²) in [6.07, 6.45) is 0. The molecule has 1 aromatic heterocycles. The van der Waals surface area contributed by atoms with Crippen molar-refractivity contribution in [1.82, 2.24) is 0 Å². The second-order valence-corrected chi connectivity index (χ2v) is 8.36. The van der Waals surface area contributed by atoms with Crippen molar-refractivity contribution in [3.05, 3.63) is 38.5 Å². The van der Waals surface area contributed by atoms with Crippen molar-refractivity contribution in [1.29, 1.82) is 0 Å². The minimum Gasteiger partial charge on any atom is -0.508 e. The lowest BCUT2D eigenvalue weighted by molar-refractivity contribution is 0.471. The van der Waals surface area contributed by atoms with Crippen molar-refractivity contribution in [2.24, 2.45) is 0 Å². The summed E-state index contributed by atoms with van der Waals surface area (Å²) in [5.74, 6) is 0.136. The number of sulfonamides is 1. The zero-order valence-corrected chi connectivity index (χ0v) is 13.5. The topological polar surface area (TPSA) is 66.4 Å². The fourth-order valence-electron chi connectivity index (χ4n) is 1.63. The number of nitrogens with one attached hydrogen (secondary N) is 1. The van der Waals surface area contributed by atoms with E-state index in [1.165, 1.54) is 23.5 Å². The minimum absolute atomic E-state index is 0.136. The Bertz CT molecular complexity index is 723. The Labute approximate surface area is 124 Å². The van der Waals surface area contributed by atoms with Gasteiger partial charge in [-0.2, -0.15) is 0 Å². The third-order valence-corrected chi connectivity index (χ3v) is 5.77. The first kappa shape index (κ1) is 14.4. The van der Waals surface area contributed by atoms with E-state index in [-0.39, 0.29) is 10.6 Å². The maximum Gasteiger partial charge on any atom is 0.263 e. The summed E-state index contributed by atoms with van der Waals surface area (Å²) in [7, 11) is -3.60. The molecule has 0 saturated carbocycles. The predicted octanol–water partition coefficient (Wildman–Crippen LogP) is 3.63. The molecular weight excluding hydrogens is 350 g/mol. The highest BCUT2D eigenvalue weighted by Crippen LogP contribution is 2.31. The monoisotopic (exact) mass is 361 g/mol. The van der Waals surface area contributed by atoms with Crippen LogP contribution in [0.2, 0.25) is 0 Å².